The fourth-order valence-electron chi connectivity index (χ4n) is 6.77. The number of ether oxygens (including phenoxy) is 3. The summed E-state index contributed by atoms with van der Waals surface area (Å²) >= 11 is 0. The Hall–Kier alpha value is -3.64. The van der Waals surface area contributed by atoms with Gasteiger partial charge in [-0.3, -0.25) is 19.7 Å². The predicted octanol–water partition coefficient (Wildman–Crippen LogP) is 5.96. The van der Waals surface area contributed by atoms with E-state index in [1.54, 1.807) is 12.6 Å². The van der Waals surface area contributed by atoms with Crippen molar-refractivity contribution in [1.29, 1.82) is 0 Å². The van der Waals surface area contributed by atoms with Crippen molar-refractivity contribution in [3.63, 3.8) is 0 Å². The molecule has 5 rings (SSSR count). The van der Waals surface area contributed by atoms with Gasteiger partial charge in [0.05, 0.1) is 25.4 Å². The van der Waals surface area contributed by atoms with E-state index in [1.807, 2.05) is 36.4 Å². The van der Waals surface area contributed by atoms with Crippen LogP contribution in [0.15, 0.2) is 72.8 Å². The maximum atomic E-state index is 12.4. The summed E-state index contributed by atoms with van der Waals surface area (Å²) in [5.74, 6) is -0.368. The predicted molar refractivity (Wildman–Crippen MR) is 186 cm³/mol. The Morgan fingerprint density at radius 3 is 2.33 bits per heavy atom. The molecule has 10 heteroatoms. The van der Waals surface area contributed by atoms with Gasteiger partial charge in [-0.1, -0.05) is 79.6 Å². The number of carbonyl (C=O) groups is 2. The number of unbranched alkanes of at least 4 members (excludes halogenated alkanes) is 3. The molecule has 0 unspecified atom stereocenters. The molecule has 0 radical (unpaired) electrons. The molecule has 2 fully saturated rings. The molecule has 0 saturated carbocycles. The van der Waals surface area contributed by atoms with Crippen molar-refractivity contribution in [1.82, 2.24) is 15.7 Å². The minimum absolute atomic E-state index is 0.00890. The highest BCUT2D eigenvalue weighted by Crippen LogP contribution is 2.39. The molecule has 2 amide bonds. The number of rotatable bonds is 17. The van der Waals surface area contributed by atoms with Crippen LogP contribution in [0, 0.1) is 0 Å². The molecule has 4 atom stereocenters. The molecule has 2 aliphatic heterocycles. The highest BCUT2D eigenvalue weighted by atomic mass is 16.7. The average molecular weight is 674 g/mol. The number of likely N-dealkylation sites (tertiary alicyclic amines) is 1. The van der Waals surface area contributed by atoms with Crippen molar-refractivity contribution in [3.8, 4) is 11.1 Å². The minimum Gasteiger partial charge on any atom is -0.392 e. The van der Waals surface area contributed by atoms with Gasteiger partial charge in [-0.2, -0.15) is 0 Å². The minimum atomic E-state index is -0.514. The third-order valence-corrected chi connectivity index (χ3v) is 9.53. The topological polar surface area (TPSA) is 130 Å². The van der Waals surface area contributed by atoms with Crippen molar-refractivity contribution in [3.05, 3.63) is 95.1 Å². The highest BCUT2D eigenvalue weighted by molar-refractivity contribution is 5.76. The van der Waals surface area contributed by atoms with Gasteiger partial charge in [0.1, 0.15) is 0 Å². The number of methoxy groups -OCH3 is 1. The summed E-state index contributed by atoms with van der Waals surface area (Å²) in [7, 11) is 1.76. The van der Waals surface area contributed by atoms with E-state index in [4.69, 9.17) is 19.4 Å². The first kappa shape index (κ1) is 36.6. The molecule has 0 aromatic heterocycles. The molecule has 4 N–H and O–H groups in total. The van der Waals surface area contributed by atoms with Crippen LogP contribution in [0.4, 0.5) is 0 Å². The maximum absolute atomic E-state index is 12.4. The van der Waals surface area contributed by atoms with Gasteiger partial charge in [0, 0.05) is 51.1 Å². The van der Waals surface area contributed by atoms with Gasteiger partial charge in [-0.25, -0.2) is 5.48 Å². The van der Waals surface area contributed by atoms with Gasteiger partial charge < -0.3 is 24.6 Å². The number of carbonyl (C=O) groups excluding carboxylic acids is 2. The van der Waals surface area contributed by atoms with Crippen LogP contribution in [-0.2, 0) is 37.0 Å². The average Bonchev–Trinajstić information content (AvgIpc) is 3.58. The third kappa shape index (κ3) is 10.9. The summed E-state index contributed by atoms with van der Waals surface area (Å²) in [6.07, 6.45) is 6.29. The van der Waals surface area contributed by atoms with Crippen LogP contribution in [0.2, 0.25) is 0 Å². The Balaban J connectivity index is 1.19. The van der Waals surface area contributed by atoms with E-state index < -0.39 is 6.29 Å². The quantitative estimate of drug-likeness (QED) is 0.0785. The SMILES string of the molecule is COC[C@@H]1CCCN1C[C@H]1C[C@@H](c2ccc(CO)cc2)O[C@@H](c2ccc(-c3cccc(CNC(=O)CCCCCCC(=O)NO)c3)cc2)O1. The monoisotopic (exact) mass is 673 g/mol. The summed E-state index contributed by atoms with van der Waals surface area (Å²) in [5, 5.41) is 21.1. The number of hydrogen-bond donors (Lipinski definition) is 4. The Morgan fingerprint density at radius 1 is 0.878 bits per heavy atom. The number of aliphatic hydroxyl groups is 1. The first-order valence-corrected chi connectivity index (χ1v) is 17.6. The lowest BCUT2D eigenvalue weighted by molar-refractivity contribution is -0.253. The molecule has 10 nitrogen and oxygen atoms in total. The van der Waals surface area contributed by atoms with Crippen LogP contribution in [0.1, 0.15) is 92.4 Å². The van der Waals surface area contributed by atoms with Crippen LogP contribution >= 0.6 is 0 Å². The van der Waals surface area contributed by atoms with Crippen molar-refractivity contribution in [2.45, 2.75) is 95.5 Å². The number of hydrogen-bond acceptors (Lipinski definition) is 8. The van der Waals surface area contributed by atoms with Gasteiger partial charge in [0.2, 0.25) is 11.8 Å². The molecule has 3 aromatic carbocycles. The van der Waals surface area contributed by atoms with Crippen molar-refractivity contribution < 1.29 is 34.1 Å². The molecule has 2 heterocycles. The zero-order chi connectivity index (χ0) is 34.4. The van der Waals surface area contributed by atoms with Gasteiger partial charge in [-0.05, 0) is 66.1 Å². The second-order valence-corrected chi connectivity index (χ2v) is 13.1. The van der Waals surface area contributed by atoms with Crippen LogP contribution in [0.25, 0.3) is 11.1 Å². The number of nitrogens with zero attached hydrogens (tertiary/aromatic N) is 1. The lowest BCUT2D eigenvalue weighted by Crippen LogP contribution is -2.42. The fourth-order valence-corrected chi connectivity index (χ4v) is 6.77. The third-order valence-electron chi connectivity index (χ3n) is 9.53. The number of nitrogens with one attached hydrogen (secondary N) is 2. The Morgan fingerprint density at radius 2 is 1.61 bits per heavy atom. The molecule has 264 valence electrons. The van der Waals surface area contributed by atoms with Crippen molar-refractivity contribution in [2.75, 3.05) is 26.8 Å². The summed E-state index contributed by atoms with van der Waals surface area (Å²) < 4.78 is 18.7. The molecular weight excluding hydrogens is 622 g/mol. The van der Waals surface area contributed by atoms with Gasteiger partial charge >= 0.3 is 0 Å². The molecule has 0 aliphatic carbocycles. The number of benzene rings is 3. The first-order chi connectivity index (χ1) is 23.9. The van der Waals surface area contributed by atoms with Gasteiger partial charge in [0.25, 0.3) is 0 Å². The number of aliphatic hydroxyl groups excluding tert-OH is 1. The smallest absolute Gasteiger partial charge is 0.243 e. The summed E-state index contributed by atoms with van der Waals surface area (Å²) in [6, 6.07) is 24.9. The van der Waals surface area contributed by atoms with E-state index in [1.165, 1.54) is 0 Å². The van der Waals surface area contributed by atoms with E-state index in [0.29, 0.717) is 31.8 Å². The normalized spacial score (nSPS) is 21.0. The van der Waals surface area contributed by atoms with Crippen LogP contribution in [-0.4, -0.2) is 66.0 Å². The second-order valence-electron chi connectivity index (χ2n) is 13.1. The summed E-state index contributed by atoms with van der Waals surface area (Å²) in [5.41, 5.74) is 7.70. The molecule has 49 heavy (non-hydrogen) atoms. The Bertz CT molecular complexity index is 1470. The second kappa shape index (κ2) is 18.9. The molecular formula is C39H51N3O7. The van der Waals surface area contributed by atoms with Crippen LogP contribution < -0.4 is 10.8 Å². The molecule has 2 aliphatic rings. The van der Waals surface area contributed by atoms with Crippen LogP contribution in [0.3, 0.4) is 0 Å². The zero-order valence-corrected chi connectivity index (χ0v) is 28.5. The number of amides is 2. The van der Waals surface area contributed by atoms with Gasteiger partial charge in [0.15, 0.2) is 6.29 Å². The number of hydroxylamine groups is 1. The Kier molecular flexibility index (Phi) is 14.2. The first-order valence-electron chi connectivity index (χ1n) is 17.6. The lowest BCUT2D eigenvalue weighted by atomic mass is 9.98. The van der Waals surface area contributed by atoms with E-state index >= 15 is 0 Å². The van der Waals surface area contributed by atoms with E-state index in [2.05, 4.69) is 46.6 Å². The van der Waals surface area contributed by atoms with Crippen LogP contribution in [0.5, 0.6) is 0 Å². The van der Waals surface area contributed by atoms with E-state index in [0.717, 1.165) is 91.6 Å². The largest absolute Gasteiger partial charge is 0.392 e. The molecule has 0 bridgehead atoms. The highest BCUT2D eigenvalue weighted by Gasteiger charge is 2.35. The zero-order valence-electron chi connectivity index (χ0n) is 28.5. The summed E-state index contributed by atoms with van der Waals surface area (Å²) in [6.45, 7) is 3.06. The van der Waals surface area contributed by atoms with Crippen molar-refractivity contribution in [2.24, 2.45) is 0 Å². The van der Waals surface area contributed by atoms with E-state index in [9.17, 15) is 14.7 Å². The fraction of sp³-hybridized carbons (Fsp3) is 0.487. The Labute approximate surface area is 289 Å². The van der Waals surface area contributed by atoms with Gasteiger partial charge in [-0.15, -0.1) is 0 Å². The standard InChI is InChI=1S/C39H51N3O7/c1-47-27-34-10-7-21-42(34)25-35-23-36(31-15-13-28(26-43)14-16-31)49-39(48-35)32-19-17-30(18-20-32)33-9-6-8-29(22-33)24-40-37(44)11-4-2-3-5-12-38(45)41-46/h6,8-9,13-20,22,34-36,39,43,46H,2-5,7,10-12,21,23-27H2,1H3,(H,40,44)(H,41,45)/t34-,35+,36-,39-/m0/s1. The lowest BCUT2D eigenvalue weighted by Gasteiger charge is -2.38. The van der Waals surface area contributed by atoms with Crippen molar-refractivity contribution >= 4 is 11.8 Å². The molecule has 0 spiro atoms. The molecule has 2 saturated heterocycles. The van der Waals surface area contributed by atoms with E-state index in [-0.39, 0.29) is 30.6 Å². The maximum Gasteiger partial charge on any atom is 0.243 e. The summed E-state index contributed by atoms with van der Waals surface area (Å²) in [4.78, 5) is 26.0. The molecule has 3 aromatic rings.